The molecule has 1 aromatic rings. The van der Waals surface area contributed by atoms with Gasteiger partial charge in [0.1, 0.15) is 5.76 Å². The molecule has 3 rings (SSSR count). The normalized spacial score (nSPS) is 23.0. The molecule has 0 spiro atoms. The van der Waals surface area contributed by atoms with Gasteiger partial charge in [-0.05, 0) is 50.9 Å². The minimum absolute atomic E-state index is 0.000668. The Hall–Kier alpha value is -0.850. The van der Waals surface area contributed by atoms with Crippen LogP contribution in [0.5, 0.6) is 0 Å². The van der Waals surface area contributed by atoms with E-state index in [2.05, 4.69) is 9.62 Å². The molecule has 2 aliphatic rings. The van der Waals surface area contributed by atoms with Crippen LogP contribution in [0.2, 0.25) is 0 Å². The molecule has 1 saturated heterocycles. The van der Waals surface area contributed by atoms with Crippen LogP contribution in [0.1, 0.15) is 63.2 Å². The van der Waals surface area contributed by atoms with Crippen molar-refractivity contribution >= 4 is 10.0 Å². The van der Waals surface area contributed by atoms with E-state index in [4.69, 9.17) is 4.42 Å². The Kier molecular flexibility index (Phi) is 5.77. The van der Waals surface area contributed by atoms with Crippen LogP contribution in [-0.2, 0) is 10.0 Å². The highest BCUT2D eigenvalue weighted by Gasteiger charge is 2.31. The molecule has 1 aliphatic carbocycles. The molecule has 1 saturated carbocycles. The summed E-state index contributed by atoms with van der Waals surface area (Å²) in [5.74, 6) is 0.862. The summed E-state index contributed by atoms with van der Waals surface area (Å²) in [6, 6.07) is 3.84. The van der Waals surface area contributed by atoms with Crippen LogP contribution in [0.4, 0.5) is 0 Å². The second-order valence-electron chi connectivity index (χ2n) is 6.78. The topological polar surface area (TPSA) is 62.6 Å². The largest absolute Gasteiger partial charge is 0.468 e. The summed E-state index contributed by atoms with van der Waals surface area (Å²) in [6.45, 7) is 2.43. The van der Waals surface area contributed by atoms with E-state index < -0.39 is 10.0 Å². The molecule has 6 heteroatoms. The molecule has 0 bridgehead atoms. The molecule has 1 aromatic heterocycles. The van der Waals surface area contributed by atoms with E-state index in [1.54, 1.807) is 6.26 Å². The molecule has 1 atom stereocenters. The summed E-state index contributed by atoms with van der Waals surface area (Å²) in [5, 5.41) is -0.205. The van der Waals surface area contributed by atoms with Crippen LogP contribution in [-0.4, -0.2) is 38.2 Å². The van der Waals surface area contributed by atoms with Gasteiger partial charge in [-0.25, -0.2) is 13.1 Å². The molecule has 23 heavy (non-hydrogen) atoms. The van der Waals surface area contributed by atoms with E-state index in [1.165, 1.54) is 25.7 Å². The monoisotopic (exact) mass is 340 g/mol. The Morgan fingerprint density at radius 2 is 1.83 bits per heavy atom. The van der Waals surface area contributed by atoms with Crippen molar-refractivity contribution in [2.24, 2.45) is 0 Å². The van der Waals surface area contributed by atoms with Crippen LogP contribution in [0.3, 0.4) is 0 Å². The third kappa shape index (κ3) is 4.37. The van der Waals surface area contributed by atoms with E-state index in [9.17, 15) is 8.42 Å². The number of likely N-dealkylation sites (tertiary alicyclic amines) is 1. The molecule has 0 radical (unpaired) electrons. The van der Waals surface area contributed by atoms with Crippen LogP contribution in [0, 0.1) is 0 Å². The lowest BCUT2D eigenvalue weighted by atomic mass is 10.2. The molecule has 0 amide bonds. The molecular weight excluding hydrogens is 312 g/mol. The van der Waals surface area contributed by atoms with Gasteiger partial charge in [0.05, 0.1) is 17.6 Å². The van der Waals surface area contributed by atoms with Gasteiger partial charge >= 0.3 is 0 Å². The van der Waals surface area contributed by atoms with Gasteiger partial charge in [-0.1, -0.05) is 25.7 Å². The van der Waals surface area contributed by atoms with Gasteiger partial charge in [-0.15, -0.1) is 0 Å². The molecule has 1 aliphatic heterocycles. The van der Waals surface area contributed by atoms with E-state index >= 15 is 0 Å². The van der Waals surface area contributed by atoms with Crippen molar-refractivity contribution in [3.63, 3.8) is 0 Å². The summed E-state index contributed by atoms with van der Waals surface area (Å²) in [6.07, 6.45) is 10.2. The first-order chi connectivity index (χ1) is 11.2. The third-order valence-corrected chi connectivity index (χ3v) is 7.09. The zero-order valence-corrected chi connectivity index (χ0v) is 14.6. The maximum Gasteiger partial charge on any atom is 0.214 e. The Labute approximate surface area is 139 Å². The lowest BCUT2D eigenvalue weighted by molar-refractivity contribution is 0.182. The fourth-order valence-electron chi connectivity index (χ4n) is 3.81. The van der Waals surface area contributed by atoms with Gasteiger partial charge < -0.3 is 4.42 Å². The average Bonchev–Trinajstić information content (AvgIpc) is 3.19. The standard InChI is InChI=1S/C17H28N2O3S/c20-23(21,15-8-3-4-9-15)18-14-16(17-10-7-13-22-17)19-11-5-1-2-6-12-19/h7,10,13,15-16,18H,1-6,8-9,11-12,14H2. The van der Waals surface area contributed by atoms with Crippen molar-refractivity contribution in [2.75, 3.05) is 19.6 Å². The number of furan rings is 1. The van der Waals surface area contributed by atoms with Crippen LogP contribution in [0.15, 0.2) is 22.8 Å². The fraction of sp³-hybridized carbons (Fsp3) is 0.765. The predicted molar refractivity (Wildman–Crippen MR) is 90.7 cm³/mol. The average molecular weight is 340 g/mol. The highest BCUT2D eigenvalue weighted by molar-refractivity contribution is 7.90. The van der Waals surface area contributed by atoms with Crippen molar-refractivity contribution < 1.29 is 12.8 Å². The van der Waals surface area contributed by atoms with Crippen LogP contribution in [0.25, 0.3) is 0 Å². The number of hydrogen-bond acceptors (Lipinski definition) is 4. The SMILES string of the molecule is O=S(=O)(NCC(c1ccco1)N1CCCCCC1)C1CCCC1. The first kappa shape index (κ1) is 17.0. The summed E-state index contributed by atoms with van der Waals surface area (Å²) in [7, 11) is -3.21. The predicted octanol–water partition coefficient (Wildman–Crippen LogP) is 3.06. The fourth-order valence-corrected chi connectivity index (χ4v) is 5.39. The second kappa shape index (κ2) is 7.81. The molecule has 5 nitrogen and oxygen atoms in total. The Balaban J connectivity index is 1.68. The van der Waals surface area contributed by atoms with E-state index in [0.29, 0.717) is 6.54 Å². The highest BCUT2D eigenvalue weighted by atomic mass is 32.2. The lowest BCUT2D eigenvalue weighted by Gasteiger charge is -2.29. The summed E-state index contributed by atoms with van der Waals surface area (Å²) in [4.78, 5) is 2.38. The van der Waals surface area contributed by atoms with Gasteiger partial charge in [-0.3, -0.25) is 4.90 Å². The van der Waals surface area contributed by atoms with Gasteiger partial charge in [0, 0.05) is 6.54 Å². The second-order valence-corrected chi connectivity index (χ2v) is 8.83. The minimum atomic E-state index is -3.21. The zero-order chi connectivity index (χ0) is 16.1. The Morgan fingerprint density at radius 3 is 2.43 bits per heavy atom. The van der Waals surface area contributed by atoms with Crippen molar-refractivity contribution in [3.8, 4) is 0 Å². The van der Waals surface area contributed by atoms with Crippen molar-refractivity contribution in [1.82, 2.24) is 9.62 Å². The number of rotatable bonds is 6. The van der Waals surface area contributed by atoms with E-state index in [0.717, 1.165) is 44.5 Å². The van der Waals surface area contributed by atoms with Crippen LogP contribution < -0.4 is 4.72 Å². The molecular formula is C17H28N2O3S. The lowest BCUT2D eigenvalue weighted by Crippen LogP contribution is -2.41. The van der Waals surface area contributed by atoms with Gasteiger partial charge in [0.15, 0.2) is 0 Å². The quantitative estimate of drug-likeness (QED) is 0.864. The van der Waals surface area contributed by atoms with Gasteiger partial charge in [0.2, 0.25) is 10.0 Å². The number of sulfonamides is 1. The summed E-state index contributed by atoms with van der Waals surface area (Å²) >= 11 is 0. The number of hydrogen-bond donors (Lipinski definition) is 1. The third-order valence-electron chi connectivity index (χ3n) is 5.17. The molecule has 1 N–H and O–H groups in total. The van der Waals surface area contributed by atoms with Crippen molar-refractivity contribution in [3.05, 3.63) is 24.2 Å². The maximum absolute atomic E-state index is 12.5. The van der Waals surface area contributed by atoms with Gasteiger partial charge in [0.25, 0.3) is 0 Å². The van der Waals surface area contributed by atoms with E-state index in [1.807, 2.05) is 12.1 Å². The Bertz CT molecular complexity index is 557. The number of nitrogens with zero attached hydrogens (tertiary/aromatic N) is 1. The first-order valence-electron chi connectivity index (χ1n) is 8.93. The molecule has 0 aromatic carbocycles. The van der Waals surface area contributed by atoms with Crippen molar-refractivity contribution in [2.45, 2.75) is 62.7 Å². The zero-order valence-electron chi connectivity index (χ0n) is 13.7. The highest BCUT2D eigenvalue weighted by Crippen LogP contribution is 2.27. The van der Waals surface area contributed by atoms with E-state index in [-0.39, 0.29) is 11.3 Å². The van der Waals surface area contributed by atoms with Gasteiger partial charge in [-0.2, -0.15) is 0 Å². The molecule has 2 fully saturated rings. The number of nitrogens with one attached hydrogen (secondary N) is 1. The Morgan fingerprint density at radius 1 is 1.13 bits per heavy atom. The maximum atomic E-state index is 12.5. The van der Waals surface area contributed by atoms with Crippen LogP contribution >= 0.6 is 0 Å². The molecule has 130 valence electrons. The summed E-state index contributed by atoms with van der Waals surface area (Å²) in [5.41, 5.74) is 0. The molecule has 2 heterocycles. The van der Waals surface area contributed by atoms with Crippen molar-refractivity contribution in [1.29, 1.82) is 0 Å². The first-order valence-corrected chi connectivity index (χ1v) is 10.5. The molecule has 1 unspecified atom stereocenters. The summed E-state index contributed by atoms with van der Waals surface area (Å²) < 4.78 is 33.5. The minimum Gasteiger partial charge on any atom is -0.468 e. The smallest absolute Gasteiger partial charge is 0.214 e.